The number of aliphatic hydroxyl groups excluding tert-OH is 2. The molecule has 0 amide bonds. The normalized spacial score (nSPS) is 15.7. The molecule has 0 bridgehead atoms. The predicted octanol–water partition coefficient (Wildman–Crippen LogP) is 4.05. The van der Waals surface area contributed by atoms with Gasteiger partial charge >= 0.3 is 8.25 Å². The first kappa shape index (κ1) is 25.9. The Labute approximate surface area is 160 Å². The summed E-state index contributed by atoms with van der Waals surface area (Å²) >= 11 is 0. The summed E-state index contributed by atoms with van der Waals surface area (Å²) in [6.07, 6.45) is 13.8. The van der Waals surface area contributed by atoms with E-state index in [-0.39, 0.29) is 6.61 Å². The van der Waals surface area contributed by atoms with Crippen LogP contribution in [0.15, 0.2) is 0 Å². The first-order valence-corrected chi connectivity index (χ1v) is 11.5. The molecule has 0 aliphatic rings. The number of aliphatic hydroxyl groups is 2. The van der Waals surface area contributed by atoms with Gasteiger partial charge in [0.2, 0.25) is 0 Å². The second-order valence-electron chi connectivity index (χ2n) is 7.16. The van der Waals surface area contributed by atoms with Gasteiger partial charge in [-0.2, -0.15) is 0 Å². The predicted molar refractivity (Wildman–Crippen MR) is 106 cm³/mol. The third-order valence-corrected chi connectivity index (χ3v) is 5.27. The van der Waals surface area contributed by atoms with Crippen LogP contribution in [-0.4, -0.2) is 47.0 Å². The Hall–Kier alpha value is -0.100. The lowest BCUT2D eigenvalue weighted by atomic mass is 9.99. The fraction of sp³-hybridized carbons (Fsp3) is 1.00. The molecule has 1 unspecified atom stereocenters. The number of hydrogen-bond acceptors (Lipinski definition) is 5. The van der Waals surface area contributed by atoms with Crippen molar-refractivity contribution in [2.24, 2.45) is 0 Å². The van der Waals surface area contributed by atoms with Crippen LogP contribution in [0.5, 0.6) is 0 Å². The first-order valence-electron chi connectivity index (χ1n) is 10.3. The van der Waals surface area contributed by atoms with Gasteiger partial charge in [0.1, 0.15) is 6.61 Å². The number of nitrogens with one attached hydrogen (secondary N) is 1. The molecule has 4 N–H and O–H groups in total. The smallest absolute Gasteiger partial charge is 0.390 e. The molecule has 0 radical (unpaired) electrons. The molecule has 0 aromatic heterocycles. The fourth-order valence-electron chi connectivity index (χ4n) is 3.13. The van der Waals surface area contributed by atoms with Crippen molar-refractivity contribution in [3.63, 3.8) is 0 Å². The quantitative estimate of drug-likeness (QED) is 0.195. The molecule has 7 heteroatoms. The maximum atomic E-state index is 10.6. The summed E-state index contributed by atoms with van der Waals surface area (Å²) in [6.45, 7) is 2.13. The van der Waals surface area contributed by atoms with Gasteiger partial charge in [0.15, 0.2) is 0 Å². The van der Waals surface area contributed by atoms with Gasteiger partial charge < -0.3 is 15.5 Å². The highest BCUT2D eigenvalue weighted by Crippen LogP contribution is 2.18. The lowest BCUT2D eigenvalue weighted by molar-refractivity contribution is -0.0171. The average molecular weight is 395 g/mol. The van der Waals surface area contributed by atoms with Crippen molar-refractivity contribution in [3.05, 3.63) is 0 Å². The van der Waals surface area contributed by atoms with Crippen molar-refractivity contribution in [2.45, 2.75) is 109 Å². The van der Waals surface area contributed by atoms with Crippen LogP contribution < -0.4 is 5.32 Å². The second-order valence-corrected chi connectivity index (χ2v) is 7.90. The van der Waals surface area contributed by atoms with E-state index < -0.39 is 26.5 Å². The lowest BCUT2D eigenvalue weighted by Gasteiger charge is -2.24. The van der Waals surface area contributed by atoms with E-state index in [2.05, 4.69) is 16.8 Å². The van der Waals surface area contributed by atoms with Gasteiger partial charge in [0.05, 0.1) is 18.2 Å². The molecule has 0 aromatic carbocycles. The van der Waals surface area contributed by atoms with Crippen molar-refractivity contribution in [1.82, 2.24) is 5.32 Å². The molecule has 0 saturated carbocycles. The molecule has 0 aromatic rings. The Morgan fingerprint density at radius 3 is 1.77 bits per heavy atom. The molecule has 0 saturated heterocycles. The zero-order valence-corrected chi connectivity index (χ0v) is 17.6. The molecule has 0 aliphatic heterocycles. The minimum Gasteiger partial charge on any atom is -0.390 e. The first-order chi connectivity index (χ1) is 12.5. The standard InChI is InChI=1S/C19H40NO5P/c1-3-4-5-6-7-8-9-10-11-12-13-14-15-18(21)19(22)17(20-2)16-25-26(23)24/h17-22H,3-16H2,1-2H3/p+1/t17-,18+,19-/m0/s1. The SMILES string of the molecule is CCCCCCCCCCCCCC[C@@H](O)[C@@H](O)[C@H](CO[P+](=O)O)NC. The summed E-state index contributed by atoms with van der Waals surface area (Å²) in [6, 6.07) is -0.562. The van der Waals surface area contributed by atoms with E-state index in [1.165, 1.54) is 64.2 Å². The fourth-order valence-corrected chi connectivity index (χ4v) is 3.42. The van der Waals surface area contributed by atoms with Crippen LogP contribution in [0.1, 0.15) is 90.4 Å². The van der Waals surface area contributed by atoms with Gasteiger partial charge in [0, 0.05) is 4.57 Å². The van der Waals surface area contributed by atoms with Gasteiger partial charge in [-0.15, -0.1) is 9.42 Å². The molecule has 0 spiro atoms. The highest BCUT2D eigenvalue weighted by Gasteiger charge is 2.28. The Bertz CT molecular complexity index is 333. The van der Waals surface area contributed by atoms with Gasteiger partial charge in [-0.05, 0) is 13.5 Å². The zero-order valence-electron chi connectivity index (χ0n) is 16.7. The van der Waals surface area contributed by atoms with Crippen molar-refractivity contribution >= 4 is 8.25 Å². The van der Waals surface area contributed by atoms with Crippen LogP contribution in [0.3, 0.4) is 0 Å². The monoisotopic (exact) mass is 394 g/mol. The van der Waals surface area contributed by atoms with E-state index in [0.717, 1.165) is 12.8 Å². The van der Waals surface area contributed by atoms with Crippen LogP contribution in [-0.2, 0) is 9.09 Å². The van der Waals surface area contributed by atoms with Crippen molar-refractivity contribution in [3.8, 4) is 0 Å². The van der Waals surface area contributed by atoms with Crippen molar-refractivity contribution in [2.75, 3.05) is 13.7 Å². The molecule has 156 valence electrons. The second kappa shape index (κ2) is 18.3. The molecular formula is C19H41NO5P+. The van der Waals surface area contributed by atoms with Gasteiger partial charge in [-0.3, -0.25) is 0 Å². The minimum absolute atomic E-state index is 0.112. The number of unbranched alkanes of at least 4 members (excludes halogenated alkanes) is 11. The third kappa shape index (κ3) is 15.0. The molecule has 4 atom stereocenters. The molecule has 0 heterocycles. The summed E-state index contributed by atoms with van der Waals surface area (Å²) in [5, 5.41) is 23.0. The molecule has 6 nitrogen and oxygen atoms in total. The Morgan fingerprint density at radius 1 is 0.885 bits per heavy atom. The minimum atomic E-state index is -2.69. The van der Waals surface area contributed by atoms with E-state index in [9.17, 15) is 14.8 Å². The van der Waals surface area contributed by atoms with Crippen LogP contribution in [0.2, 0.25) is 0 Å². The topological polar surface area (TPSA) is 99.0 Å². The van der Waals surface area contributed by atoms with Gasteiger partial charge in [0.25, 0.3) is 0 Å². The van der Waals surface area contributed by atoms with Crippen LogP contribution in [0.25, 0.3) is 0 Å². The van der Waals surface area contributed by atoms with Crippen LogP contribution in [0, 0.1) is 0 Å². The molecule has 0 rings (SSSR count). The maximum Gasteiger partial charge on any atom is 0.694 e. The summed E-state index contributed by atoms with van der Waals surface area (Å²) in [5.41, 5.74) is 0. The lowest BCUT2D eigenvalue weighted by Crippen LogP contribution is -2.47. The molecular weight excluding hydrogens is 353 g/mol. The van der Waals surface area contributed by atoms with E-state index >= 15 is 0 Å². The van der Waals surface area contributed by atoms with Crippen molar-refractivity contribution in [1.29, 1.82) is 0 Å². The number of hydrogen-bond donors (Lipinski definition) is 4. The molecule has 0 aliphatic carbocycles. The van der Waals surface area contributed by atoms with Crippen LogP contribution >= 0.6 is 8.25 Å². The molecule has 0 fully saturated rings. The Morgan fingerprint density at radius 2 is 1.35 bits per heavy atom. The third-order valence-electron chi connectivity index (χ3n) is 4.90. The van der Waals surface area contributed by atoms with Gasteiger partial charge in [-0.25, -0.2) is 0 Å². The summed E-state index contributed by atoms with van der Waals surface area (Å²) in [5.74, 6) is 0. The van der Waals surface area contributed by atoms with E-state index in [4.69, 9.17) is 4.89 Å². The molecule has 26 heavy (non-hydrogen) atoms. The van der Waals surface area contributed by atoms with E-state index in [1.54, 1.807) is 7.05 Å². The number of likely N-dealkylation sites (N-methyl/N-ethyl adjacent to an activating group) is 1. The van der Waals surface area contributed by atoms with Crippen LogP contribution in [0.4, 0.5) is 0 Å². The summed E-state index contributed by atoms with van der Waals surface area (Å²) in [7, 11) is -1.07. The van der Waals surface area contributed by atoms with E-state index in [0.29, 0.717) is 6.42 Å². The Kier molecular flexibility index (Phi) is 18.2. The van der Waals surface area contributed by atoms with E-state index in [1.807, 2.05) is 0 Å². The van der Waals surface area contributed by atoms with Crippen molar-refractivity contribution < 1.29 is 24.2 Å². The van der Waals surface area contributed by atoms with Gasteiger partial charge in [-0.1, -0.05) is 84.0 Å². The maximum absolute atomic E-state index is 10.6. The number of rotatable bonds is 19. The summed E-state index contributed by atoms with van der Waals surface area (Å²) < 4.78 is 15.2. The summed E-state index contributed by atoms with van der Waals surface area (Å²) in [4.78, 5) is 8.66. The Balaban J connectivity index is 3.57. The average Bonchev–Trinajstić information content (AvgIpc) is 2.62. The highest BCUT2D eigenvalue weighted by atomic mass is 31.1. The highest BCUT2D eigenvalue weighted by molar-refractivity contribution is 7.32. The zero-order chi connectivity index (χ0) is 19.6. The largest absolute Gasteiger partial charge is 0.694 e.